The van der Waals surface area contributed by atoms with E-state index in [1.807, 2.05) is 49.0 Å². The van der Waals surface area contributed by atoms with Gasteiger partial charge in [-0.3, -0.25) is 0 Å². The van der Waals surface area contributed by atoms with Crippen LogP contribution < -0.4 is 5.32 Å². The first-order chi connectivity index (χ1) is 9.61. The molecule has 2 rings (SSSR count). The van der Waals surface area contributed by atoms with E-state index < -0.39 is 6.09 Å². The van der Waals surface area contributed by atoms with Crippen LogP contribution >= 0.6 is 0 Å². The van der Waals surface area contributed by atoms with Crippen molar-refractivity contribution in [3.05, 3.63) is 53.6 Å². The minimum absolute atomic E-state index is 0.325. The fourth-order valence-corrected chi connectivity index (χ4v) is 2.09. The van der Waals surface area contributed by atoms with Gasteiger partial charge in [-0.1, -0.05) is 29.8 Å². The number of hydrogen-bond acceptors (Lipinski definition) is 3. The number of aryl methyl sites for hydroxylation is 2. The molecular formula is C15H19N3O2. The summed E-state index contributed by atoms with van der Waals surface area (Å²) in [6, 6.07) is 7.66. The summed E-state index contributed by atoms with van der Waals surface area (Å²) in [5.41, 5.74) is 2.11. The Morgan fingerprint density at radius 3 is 2.90 bits per heavy atom. The fourth-order valence-electron chi connectivity index (χ4n) is 2.09. The highest BCUT2D eigenvalue weighted by Gasteiger charge is 2.21. The van der Waals surface area contributed by atoms with Gasteiger partial charge in [0.05, 0.1) is 6.61 Å². The van der Waals surface area contributed by atoms with Gasteiger partial charge in [0, 0.05) is 19.4 Å². The van der Waals surface area contributed by atoms with Crippen molar-refractivity contribution in [3.63, 3.8) is 0 Å². The van der Waals surface area contributed by atoms with Gasteiger partial charge in [-0.15, -0.1) is 0 Å². The zero-order valence-electron chi connectivity index (χ0n) is 12.0. The first kappa shape index (κ1) is 14.1. The molecule has 5 heteroatoms. The smallest absolute Gasteiger partial charge is 0.407 e. The highest BCUT2D eigenvalue weighted by Crippen LogP contribution is 2.21. The summed E-state index contributed by atoms with van der Waals surface area (Å²) in [6.07, 6.45) is 3.12. The lowest BCUT2D eigenvalue weighted by Crippen LogP contribution is -2.31. The molecule has 0 aliphatic rings. The van der Waals surface area contributed by atoms with Crippen LogP contribution in [0.1, 0.15) is 29.9 Å². The topological polar surface area (TPSA) is 56.1 Å². The molecule has 0 saturated carbocycles. The second-order valence-electron chi connectivity index (χ2n) is 4.61. The van der Waals surface area contributed by atoms with Gasteiger partial charge >= 0.3 is 6.09 Å². The third kappa shape index (κ3) is 3.17. The molecule has 1 unspecified atom stereocenters. The standard InChI is InChI=1S/C15H19N3O2/c1-4-20-15(19)17-13(14-16-8-9-18(14)3)12-7-5-6-11(2)10-12/h5-10,13H,4H2,1-3H3,(H,17,19). The van der Waals surface area contributed by atoms with Crippen molar-refractivity contribution >= 4 is 6.09 Å². The summed E-state index contributed by atoms with van der Waals surface area (Å²) in [6.45, 7) is 4.14. The lowest BCUT2D eigenvalue weighted by molar-refractivity contribution is 0.149. The molecule has 1 amide bonds. The van der Waals surface area contributed by atoms with E-state index in [4.69, 9.17) is 4.74 Å². The lowest BCUT2D eigenvalue weighted by atomic mass is 10.0. The Bertz CT molecular complexity index is 592. The number of alkyl carbamates (subject to hydrolysis) is 1. The molecule has 0 saturated heterocycles. The number of carbonyl (C=O) groups excluding carboxylic acids is 1. The van der Waals surface area contributed by atoms with Crippen LogP contribution in [0.2, 0.25) is 0 Å². The number of aromatic nitrogens is 2. The number of nitrogens with zero attached hydrogens (tertiary/aromatic N) is 2. The summed E-state index contributed by atoms with van der Waals surface area (Å²) in [5.74, 6) is 0.767. The second kappa shape index (κ2) is 6.23. The average molecular weight is 273 g/mol. The third-order valence-electron chi connectivity index (χ3n) is 3.03. The van der Waals surface area contributed by atoms with Crippen LogP contribution in [0.15, 0.2) is 36.7 Å². The number of nitrogens with one attached hydrogen (secondary N) is 1. The summed E-state index contributed by atoms with van der Waals surface area (Å²) >= 11 is 0. The van der Waals surface area contributed by atoms with Gasteiger partial charge in [-0.25, -0.2) is 9.78 Å². The summed E-state index contributed by atoms with van der Waals surface area (Å²) in [5, 5.41) is 2.86. The quantitative estimate of drug-likeness (QED) is 0.931. The van der Waals surface area contributed by atoms with Crippen molar-refractivity contribution in [1.29, 1.82) is 0 Å². The van der Waals surface area contributed by atoms with Crippen LogP contribution in [0.3, 0.4) is 0 Å². The van der Waals surface area contributed by atoms with E-state index in [2.05, 4.69) is 10.3 Å². The molecular weight excluding hydrogens is 254 g/mol. The Morgan fingerprint density at radius 1 is 1.50 bits per heavy atom. The van der Waals surface area contributed by atoms with Crippen molar-refractivity contribution in [2.45, 2.75) is 19.9 Å². The summed E-state index contributed by atoms with van der Waals surface area (Å²) in [7, 11) is 1.90. The SMILES string of the molecule is CCOC(=O)NC(c1cccc(C)c1)c1nccn1C. The van der Waals surface area contributed by atoms with Crippen LogP contribution in [-0.2, 0) is 11.8 Å². The molecule has 1 atom stereocenters. The van der Waals surface area contributed by atoms with Crippen LogP contribution in [0.4, 0.5) is 4.79 Å². The number of imidazole rings is 1. The predicted octanol–water partition coefficient (Wildman–Crippen LogP) is 2.56. The van der Waals surface area contributed by atoms with E-state index in [0.717, 1.165) is 17.0 Å². The van der Waals surface area contributed by atoms with E-state index in [1.165, 1.54) is 0 Å². The average Bonchev–Trinajstić information content (AvgIpc) is 2.82. The molecule has 20 heavy (non-hydrogen) atoms. The monoisotopic (exact) mass is 273 g/mol. The van der Waals surface area contributed by atoms with Crippen molar-refractivity contribution in [3.8, 4) is 0 Å². The Balaban J connectivity index is 2.34. The Labute approximate surface area is 118 Å². The van der Waals surface area contributed by atoms with Gasteiger partial charge in [-0.2, -0.15) is 0 Å². The van der Waals surface area contributed by atoms with Gasteiger partial charge < -0.3 is 14.6 Å². The highest BCUT2D eigenvalue weighted by molar-refractivity contribution is 5.68. The zero-order chi connectivity index (χ0) is 14.5. The van der Waals surface area contributed by atoms with Crippen LogP contribution in [0.5, 0.6) is 0 Å². The molecule has 0 fully saturated rings. The largest absolute Gasteiger partial charge is 0.450 e. The Hall–Kier alpha value is -2.30. The first-order valence-corrected chi connectivity index (χ1v) is 6.59. The van der Waals surface area contributed by atoms with Crippen LogP contribution in [0, 0.1) is 6.92 Å². The maximum Gasteiger partial charge on any atom is 0.407 e. The van der Waals surface area contributed by atoms with E-state index in [9.17, 15) is 4.79 Å². The maximum atomic E-state index is 11.7. The minimum Gasteiger partial charge on any atom is -0.450 e. The number of rotatable bonds is 4. The third-order valence-corrected chi connectivity index (χ3v) is 3.03. The molecule has 0 spiro atoms. The molecule has 106 valence electrons. The first-order valence-electron chi connectivity index (χ1n) is 6.59. The molecule has 1 aromatic heterocycles. The molecule has 0 radical (unpaired) electrons. The van der Waals surface area contributed by atoms with E-state index >= 15 is 0 Å². The van der Waals surface area contributed by atoms with Gasteiger partial charge in [0.15, 0.2) is 0 Å². The molecule has 0 aliphatic heterocycles. The van der Waals surface area contributed by atoms with Gasteiger partial charge in [0.2, 0.25) is 0 Å². The number of hydrogen-bond donors (Lipinski definition) is 1. The number of amides is 1. The fraction of sp³-hybridized carbons (Fsp3) is 0.333. The van der Waals surface area contributed by atoms with Crippen molar-refractivity contribution in [1.82, 2.24) is 14.9 Å². The van der Waals surface area contributed by atoms with Gasteiger partial charge in [0.25, 0.3) is 0 Å². The van der Waals surface area contributed by atoms with Gasteiger partial charge in [0.1, 0.15) is 11.9 Å². The maximum absolute atomic E-state index is 11.7. The number of benzene rings is 1. The van der Waals surface area contributed by atoms with Crippen molar-refractivity contribution in [2.24, 2.45) is 7.05 Å². The Kier molecular flexibility index (Phi) is 4.40. The van der Waals surface area contributed by atoms with Gasteiger partial charge in [-0.05, 0) is 19.4 Å². The number of carbonyl (C=O) groups is 1. The summed E-state index contributed by atoms with van der Waals surface area (Å²) < 4.78 is 6.86. The molecule has 1 aromatic carbocycles. The molecule has 5 nitrogen and oxygen atoms in total. The molecule has 1 heterocycles. The van der Waals surface area contributed by atoms with Crippen molar-refractivity contribution in [2.75, 3.05) is 6.61 Å². The molecule has 2 aromatic rings. The van der Waals surface area contributed by atoms with Crippen LogP contribution in [0.25, 0.3) is 0 Å². The minimum atomic E-state index is -0.443. The predicted molar refractivity (Wildman–Crippen MR) is 76.4 cm³/mol. The van der Waals surface area contributed by atoms with E-state index in [-0.39, 0.29) is 6.04 Å². The molecule has 0 aliphatic carbocycles. The Morgan fingerprint density at radius 2 is 2.30 bits per heavy atom. The lowest BCUT2D eigenvalue weighted by Gasteiger charge is -2.19. The second-order valence-corrected chi connectivity index (χ2v) is 4.61. The van der Waals surface area contributed by atoms with E-state index in [1.54, 1.807) is 13.1 Å². The highest BCUT2D eigenvalue weighted by atomic mass is 16.5. The zero-order valence-corrected chi connectivity index (χ0v) is 12.0. The molecule has 0 bridgehead atoms. The normalized spacial score (nSPS) is 11.9. The van der Waals surface area contributed by atoms with E-state index in [0.29, 0.717) is 6.61 Å². The number of ether oxygens (including phenoxy) is 1. The summed E-state index contributed by atoms with van der Waals surface area (Å²) in [4.78, 5) is 16.1. The van der Waals surface area contributed by atoms with Crippen molar-refractivity contribution < 1.29 is 9.53 Å². The molecule has 1 N–H and O–H groups in total. The van der Waals surface area contributed by atoms with Crippen LogP contribution in [-0.4, -0.2) is 22.3 Å².